The van der Waals surface area contributed by atoms with Gasteiger partial charge in [0.15, 0.2) is 0 Å². The molecule has 0 aromatic heterocycles. The zero-order valence-corrected chi connectivity index (χ0v) is 19.3. The summed E-state index contributed by atoms with van der Waals surface area (Å²) in [4.78, 5) is 16.7. The highest BCUT2D eigenvalue weighted by atomic mass is 16.6. The van der Waals surface area contributed by atoms with E-state index in [9.17, 15) is 9.90 Å². The van der Waals surface area contributed by atoms with Gasteiger partial charge in [-0.15, -0.1) is 0 Å². The van der Waals surface area contributed by atoms with E-state index >= 15 is 0 Å². The van der Waals surface area contributed by atoms with E-state index in [0.29, 0.717) is 36.2 Å². The van der Waals surface area contributed by atoms with Crippen LogP contribution in [0.1, 0.15) is 46.6 Å². The highest BCUT2D eigenvalue weighted by molar-refractivity contribution is 5.68. The van der Waals surface area contributed by atoms with Crippen molar-refractivity contribution in [1.82, 2.24) is 9.80 Å². The van der Waals surface area contributed by atoms with Crippen molar-refractivity contribution in [1.29, 1.82) is 5.26 Å². The Hall–Kier alpha value is -2.30. The fraction of sp³-hybridized carbons (Fsp3) is 0.667. The standard InChI is InChI=1S/C24H35N3O4/c1-23(2,3)31-22(29)26-12-18-10-19(13-26)15-27(14-18)24(4,5)21(28)16-30-20-8-6-17(11-25)7-9-20/h6-9,18-19,21,28H,10,12-16H2,1-5H3. The van der Waals surface area contributed by atoms with E-state index in [0.717, 1.165) is 19.5 Å². The Morgan fingerprint density at radius 2 is 1.71 bits per heavy atom. The number of benzene rings is 1. The van der Waals surface area contributed by atoms with Crippen LogP contribution in [-0.2, 0) is 4.74 Å². The van der Waals surface area contributed by atoms with Crippen LogP contribution < -0.4 is 4.74 Å². The van der Waals surface area contributed by atoms with Crippen LogP contribution >= 0.6 is 0 Å². The fourth-order valence-corrected chi connectivity index (χ4v) is 4.44. The van der Waals surface area contributed by atoms with Gasteiger partial charge in [0.2, 0.25) is 0 Å². The summed E-state index contributed by atoms with van der Waals surface area (Å²) in [7, 11) is 0. The largest absolute Gasteiger partial charge is 0.491 e. The SMILES string of the molecule is CC(C)(C)OC(=O)N1CC2CC(C1)CN(C(C)(C)C(O)COc1ccc(C#N)cc1)C2. The van der Waals surface area contributed by atoms with Crippen molar-refractivity contribution >= 4 is 6.09 Å². The van der Waals surface area contributed by atoms with Crippen molar-refractivity contribution in [2.75, 3.05) is 32.8 Å². The Kier molecular flexibility index (Phi) is 6.82. The number of hydrogen-bond acceptors (Lipinski definition) is 6. The Morgan fingerprint density at radius 3 is 2.23 bits per heavy atom. The van der Waals surface area contributed by atoms with Gasteiger partial charge in [-0.3, -0.25) is 4.90 Å². The summed E-state index contributed by atoms with van der Waals surface area (Å²) < 4.78 is 11.3. The van der Waals surface area contributed by atoms with Gasteiger partial charge in [0.05, 0.1) is 11.6 Å². The molecule has 0 radical (unpaired) electrons. The summed E-state index contributed by atoms with van der Waals surface area (Å²) in [6, 6.07) is 8.98. The second-order valence-corrected chi connectivity index (χ2v) is 10.4. The molecule has 1 amide bonds. The van der Waals surface area contributed by atoms with E-state index in [1.165, 1.54) is 0 Å². The zero-order chi connectivity index (χ0) is 22.8. The number of aliphatic hydroxyl groups excluding tert-OH is 1. The number of carbonyl (C=O) groups is 1. The van der Waals surface area contributed by atoms with Gasteiger partial charge in [-0.2, -0.15) is 5.26 Å². The predicted octanol–water partition coefficient (Wildman–Crippen LogP) is 3.27. The molecule has 7 nitrogen and oxygen atoms in total. The zero-order valence-electron chi connectivity index (χ0n) is 19.3. The third-order valence-electron chi connectivity index (χ3n) is 6.25. The number of hydrogen-bond donors (Lipinski definition) is 1. The minimum absolute atomic E-state index is 0.175. The van der Waals surface area contributed by atoms with E-state index in [2.05, 4.69) is 11.0 Å². The Morgan fingerprint density at radius 1 is 1.13 bits per heavy atom. The molecule has 1 aromatic rings. The maximum Gasteiger partial charge on any atom is 0.410 e. The van der Waals surface area contributed by atoms with Crippen LogP contribution in [0, 0.1) is 23.2 Å². The predicted molar refractivity (Wildman–Crippen MR) is 118 cm³/mol. The number of carbonyl (C=O) groups excluding carboxylic acids is 1. The molecule has 7 heteroatoms. The van der Waals surface area contributed by atoms with Crippen molar-refractivity contribution in [3.8, 4) is 11.8 Å². The monoisotopic (exact) mass is 429 g/mol. The lowest BCUT2D eigenvalue weighted by Crippen LogP contribution is -2.62. The highest BCUT2D eigenvalue weighted by Crippen LogP contribution is 2.34. The topological polar surface area (TPSA) is 86.0 Å². The lowest BCUT2D eigenvalue weighted by molar-refractivity contribution is -0.0778. The van der Waals surface area contributed by atoms with Gasteiger partial charge in [0.1, 0.15) is 24.1 Å². The Balaban J connectivity index is 1.56. The molecule has 0 saturated carbocycles. The molecule has 31 heavy (non-hydrogen) atoms. The minimum atomic E-state index is -0.677. The fourth-order valence-electron chi connectivity index (χ4n) is 4.44. The van der Waals surface area contributed by atoms with Crippen LogP contribution in [0.2, 0.25) is 0 Å². The first-order chi connectivity index (χ1) is 14.5. The highest BCUT2D eigenvalue weighted by Gasteiger charge is 2.43. The molecule has 2 aliphatic rings. The maximum absolute atomic E-state index is 12.5. The number of aliphatic hydroxyl groups is 1. The van der Waals surface area contributed by atoms with Gasteiger partial charge >= 0.3 is 6.09 Å². The first-order valence-corrected chi connectivity index (χ1v) is 11.0. The van der Waals surface area contributed by atoms with Crippen LogP contribution in [0.3, 0.4) is 0 Å². The third-order valence-corrected chi connectivity index (χ3v) is 6.25. The average Bonchev–Trinajstić information content (AvgIpc) is 2.70. The summed E-state index contributed by atoms with van der Waals surface area (Å²) in [5.74, 6) is 1.37. The van der Waals surface area contributed by atoms with Gasteiger partial charge < -0.3 is 19.5 Å². The van der Waals surface area contributed by atoms with Crippen LogP contribution in [0.15, 0.2) is 24.3 Å². The number of ether oxygens (including phenoxy) is 2. The normalized spacial score (nSPS) is 23.1. The summed E-state index contributed by atoms with van der Waals surface area (Å²) in [6.07, 6.45) is 0.193. The molecule has 1 aromatic carbocycles. The Labute approximate surface area is 185 Å². The van der Waals surface area contributed by atoms with Crippen LogP contribution in [0.4, 0.5) is 4.79 Å². The average molecular weight is 430 g/mol. The Bertz CT molecular complexity index is 796. The van der Waals surface area contributed by atoms with E-state index < -0.39 is 17.2 Å². The molecule has 170 valence electrons. The molecule has 2 aliphatic heterocycles. The lowest BCUT2D eigenvalue weighted by Gasteiger charge is -2.51. The first-order valence-electron chi connectivity index (χ1n) is 11.0. The molecule has 3 rings (SSSR count). The molecule has 2 heterocycles. The number of rotatable bonds is 5. The van der Waals surface area contributed by atoms with Crippen LogP contribution in [0.5, 0.6) is 5.75 Å². The van der Waals surface area contributed by atoms with Crippen molar-refractivity contribution in [3.05, 3.63) is 29.8 Å². The molecule has 2 fully saturated rings. The van der Waals surface area contributed by atoms with E-state index in [-0.39, 0.29) is 12.7 Å². The first kappa shape index (κ1) is 23.4. The third kappa shape index (κ3) is 5.90. The van der Waals surface area contributed by atoms with E-state index in [1.54, 1.807) is 24.3 Å². The number of amides is 1. The van der Waals surface area contributed by atoms with Gasteiger partial charge in [-0.25, -0.2) is 4.79 Å². The molecule has 2 bridgehead atoms. The van der Waals surface area contributed by atoms with Gasteiger partial charge in [0.25, 0.3) is 0 Å². The molecular formula is C24H35N3O4. The van der Waals surface area contributed by atoms with Gasteiger partial charge in [-0.1, -0.05) is 0 Å². The van der Waals surface area contributed by atoms with Crippen LogP contribution in [-0.4, -0.2) is 71.0 Å². The quantitative estimate of drug-likeness (QED) is 0.773. The summed E-state index contributed by atoms with van der Waals surface area (Å²) >= 11 is 0. The molecule has 0 aliphatic carbocycles. The van der Waals surface area contributed by atoms with E-state index in [1.807, 2.05) is 39.5 Å². The molecule has 1 N–H and O–H groups in total. The number of fused-ring (bicyclic) bond motifs is 2. The van der Waals surface area contributed by atoms with Gasteiger partial charge in [0, 0.05) is 31.7 Å². The minimum Gasteiger partial charge on any atom is -0.491 e. The summed E-state index contributed by atoms with van der Waals surface area (Å²) in [5, 5.41) is 19.8. The number of nitriles is 1. The van der Waals surface area contributed by atoms with Crippen molar-refractivity contribution in [2.45, 2.75) is 58.3 Å². The van der Waals surface area contributed by atoms with Gasteiger partial charge in [-0.05, 0) is 77.1 Å². The summed E-state index contributed by atoms with van der Waals surface area (Å²) in [6.45, 7) is 13.0. The molecule has 2 saturated heterocycles. The molecule has 3 atom stereocenters. The second-order valence-electron chi connectivity index (χ2n) is 10.4. The van der Waals surface area contributed by atoms with Crippen molar-refractivity contribution < 1.29 is 19.4 Å². The summed E-state index contributed by atoms with van der Waals surface area (Å²) in [5.41, 5.74) is -0.373. The maximum atomic E-state index is 12.5. The number of piperidine rings is 2. The van der Waals surface area contributed by atoms with Crippen molar-refractivity contribution in [2.24, 2.45) is 11.8 Å². The van der Waals surface area contributed by atoms with Crippen molar-refractivity contribution in [3.63, 3.8) is 0 Å². The molecule has 0 spiro atoms. The smallest absolute Gasteiger partial charge is 0.410 e. The molecule has 3 unspecified atom stereocenters. The van der Waals surface area contributed by atoms with E-state index in [4.69, 9.17) is 14.7 Å². The van der Waals surface area contributed by atoms with Crippen LogP contribution in [0.25, 0.3) is 0 Å². The molecular weight excluding hydrogens is 394 g/mol. The number of likely N-dealkylation sites (tertiary alicyclic amines) is 2. The second kappa shape index (κ2) is 9.05. The number of nitrogens with zero attached hydrogens (tertiary/aromatic N) is 3. The lowest BCUT2D eigenvalue weighted by atomic mass is 9.81.